The molecule has 31 heavy (non-hydrogen) atoms. The van der Waals surface area contributed by atoms with Gasteiger partial charge in [-0.25, -0.2) is 0 Å². The monoisotopic (exact) mass is 432 g/mol. The van der Waals surface area contributed by atoms with Gasteiger partial charge in [-0.05, 0) is 17.7 Å². The van der Waals surface area contributed by atoms with E-state index in [2.05, 4.69) is 0 Å². The number of aliphatic hydroxyl groups is 4. The lowest BCUT2D eigenvalue weighted by Gasteiger charge is -2.39. The summed E-state index contributed by atoms with van der Waals surface area (Å²) < 4.78 is 11.3. The maximum Gasteiger partial charge on any atom is 0.204 e. The molecule has 0 saturated carbocycles. The van der Waals surface area contributed by atoms with E-state index < -0.39 is 48.3 Å². The van der Waals surface area contributed by atoms with Crippen LogP contribution < -0.4 is 5.43 Å². The summed E-state index contributed by atoms with van der Waals surface area (Å²) >= 11 is 0. The third kappa shape index (κ3) is 3.50. The predicted octanol–water partition coefficient (Wildman–Crippen LogP) is 0.0917. The van der Waals surface area contributed by atoms with Crippen LogP contribution in [-0.2, 0) is 4.74 Å². The number of fused-ring (bicyclic) bond motifs is 1. The first-order valence-corrected chi connectivity index (χ1v) is 9.35. The van der Waals surface area contributed by atoms with Crippen molar-refractivity contribution in [2.45, 2.75) is 30.5 Å². The van der Waals surface area contributed by atoms with Gasteiger partial charge in [-0.2, -0.15) is 0 Å². The number of phenolic OH excluding ortho intramolecular Hbond substituents is 3. The van der Waals surface area contributed by atoms with Gasteiger partial charge in [0.1, 0.15) is 64.5 Å². The van der Waals surface area contributed by atoms with E-state index in [4.69, 9.17) is 9.15 Å². The first-order chi connectivity index (χ1) is 14.7. The molecule has 164 valence electrons. The number of hydrogen-bond acceptors (Lipinski definition) is 10. The van der Waals surface area contributed by atoms with Crippen molar-refractivity contribution in [2.24, 2.45) is 0 Å². The number of aliphatic hydroxyl groups excluding tert-OH is 4. The van der Waals surface area contributed by atoms with Crippen molar-refractivity contribution in [1.29, 1.82) is 0 Å². The zero-order valence-electron chi connectivity index (χ0n) is 15.9. The van der Waals surface area contributed by atoms with Gasteiger partial charge in [0.15, 0.2) is 0 Å². The van der Waals surface area contributed by atoms with Crippen LogP contribution in [0.2, 0.25) is 0 Å². The second kappa shape index (κ2) is 7.84. The lowest BCUT2D eigenvalue weighted by Crippen LogP contribution is -2.55. The minimum Gasteiger partial charge on any atom is -0.508 e. The first kappa shape index (κ1) is 21.1. The SMILES string of the molecule is O=c1c(-c2ccc(O)cc2)c(C2O[C@H](CO)[C@@H](O)[C@H](O)[C@H]2O)oc2cc(O)cc(O)c12. The third-order valence-corrected chi connectivity index (χ3v) is 5.29. The lowest BCUT2D eigenvalue weighted by atomic mass is 9.90. The maximum absolute atomic E-state index is 13.4. The third-order valence-electron chi connectivity index (χ3n) is 5.29. The molecule has 1 saturated heterocycles. The maximum atomic E-state index is 13.4. The molecular weight excluding hydrogens is 412 g/mol. The molecule has 3 aromatic rings. The van der Waals surface area contributed by atoms with Crippen LogP contribution in [0, 0.1) is 0 Å². The fourth-order valence-electron chi connectivity index (χ4n) is 3.72. The molecule has 1 aromatic heterocycles. The van der Waals surface area contributed by atoms with Crippen LogP contribution in [0.1, 0.15) is 11.9 Å². The highest BCUT2D eigenvalue weighted by atomic mass is 16.6. The van der Waals surface area contributed by atoms with Crippen molar-refractivity contribution in [2.75, 3.05) is 6.61 Å². The van der Waals surface area contributed by atoms with Gasteiger partial charge in [-0.1, -0.05) is 12.1 Å². The van der Waals surface area contributed by atoms with E-state index in [0.717, 1.165) is 12.1 Å². The Balaban J connectivity index is 2.02. The molecular formula is C21H20O10. The Morgan fingerprint density at radius 3 is 2.19 bits per heavy atom. The van der Waals surface area contributed by atoms with Gasteiger partial charge < -0.3 is 44.9 Å². The fraction of sp³-hybridized carbons (Fsp3) is 0.286. The second-order valence-corrected chi connectivity index (χ2v) is 7.30. The van der Waals surface area contributed by atoms with Crippen molar-refractivity contribution < 1.29 is 44.9 Å². The summed E-state index contributed by atoms with van der Waals surface area (Å²) in [7, 11) is 0. The molecule has 1 aliphatic rings. The van der Waals surface area contributed by atoms with Gasteiger partial charge in [0, 0.05) is 12.1 Å². The normalized spacial score (nSPS) is 26.3. The van der Waals surface area contributed by atoms with E-state index in [9.17, 15) is 40.5 Å². The summed E-state index contributed by atoms with van der Waals surface area (Å²) in [6, 6.07) is 7.48. The van der Waals surface area contributed by atoms with Crippen LogP contribution >= 0.6 is 0 Å². The zero-order valence-corrected chi connectivity index (χ0v) is 15.9. The van der Waals surface area contributed by atoms with Crippen LogP contribution in [-0.4, -0.2) is 66.8 Å². The van der Waals surface area contributed by atoms with Gasteiger partial charge in [0.05, 0.1) is 12.2 Å². The number of aromatic hydroxyl groups is 3. The van der Waals surface area contributed by atoms with Crippen LogP contribution in [0.25, 0.3) is 22.1 Å². The molecule has 0 bridgehead atoms. The van der Waals surface area contributed by atoms with E-state index in [1.807, 2.05) is 0 Å². The quantitative estimate of drug-likeness (QED) is 0.300. The van der Waals surface area contributed by atoms with Gasteiger partial charge in [0.2, 0.25) is 5.43 Å². The topological polar surface area (TPSA) is 181 Å². The Bertz CT molecular complexity index is 1170. The van der Waals surface area contributed by atoms with Crippen molar-refractivity contribution in [1.82, 2.24) is 0 Å². The first-order valence-electron chi connectivity index (χ1n) is 9.35. The Morgan fingerprint density at radius 2 is 1.55 bits per heavy atom. The van der Waals surface area contributed by atoms with Crippen molar-refractivity contribution in [3.05, 3.63) is 52.4 Å². The summed E-state index contributed by atoms with van der Waals surface area (Å²) in [4.78, 5) is 13.4. The predicted molar refractivity (Wildman–Crippen MR) is 106 cm³/mol. The van der Waals surface area contributed by atoms with Crippen LogP contribution in [0.5, 0.6) is 17.2 Å². The van der Waals surface area contributed by atoms with Gasteiger partial charge in [-0.3, -0.25) is 4.79 Å². The summed E-state index contributed by atoms with van der Waals surface area (Å²) in [6.07, 6.45) is -7.81. The van der Waals surface area contributed by atoms with Gasteiger partial charge >= 0.3 is 0 Å². The minimum absolute atomic E-state index is 0.0731. The van der Waals surface area contributed by atoms with Gasteiger partial charge in [-0.15, -0.1) is 0 Å². The molecule has 7 N–H and O–H groups in total. The minimum atomic E-state index is -1.74. The number of rotatable bonds is 3. The Labute approximate surface area is 174 Å². The smallest absolute Gasteiger partial charge is 0.204 e. The molecule has 2 heterocycles. The number of hydrogen-bond donors (Lipinski definition) is 7. The Morgan fingerprint density at radius 1 is 0.871 bits per heavy atom. The average Bonchev–Trinajstić information content (AvgIpc) is 2.72. The molecule has 4 rings (SSSR count). The Hall–Kier alpha value is -3.15. The molecule has 1 fully saturated rings. The highest BCUT2D eigenvalue weighted by molar-refractivity contribution is 5.89. The summed E-state index contributed by atoms with van der Waals surface area (Å²) in [5, 5.41) is 69.6. The summed E-state index contributed by atoms with van der Waals surface area (Å²) in [5.41, 5.74) is -0.834. The highest BCUT2D eigenvalue weighted by Gasteiger charge is 2.46. The zero-order chi connectivity index (χ0) is 22.4. The summed E-state index contributed by atoms with van der Waals surface area (Å²) in [5.74, 6) is -1.25. The van der Waals surface area contributed by atoms with Crippen LogP contribution in [0.4, 0.5) is 0 Å². The molecule has 1 unspecified atom stereocenters. The van der Waals surface area contributed by atoms with E-state index >= 15 is 0 Å². The average molecular weight is 432 g/mol. The van der Waals surface area contributed by atoms with E-state index in [1.165, 1.54) is 24.3 Å². The lowest BCUT2D eigenvalue weighted by molar-refractivity contribution is -0.235. The molecule has 0 aliphatic carbocycles. The summed E-state index contributed by atoms with van der Waals surface area (Å²) in [6.45, 7) is -0.685. The van der Waals surface area contributed by atoms with Crippen molar-refractivity contribution in [3.8, 4) is 28.4 Å². The van der Waals surface area contributed by atoms with E-state index in [0.29, 0.717) is 0 Å². The van der Waals surface area contributed by atoms with E-state index in [1.54, 1.807) is 0 Å². The molecule has 0 radical (unpaired) electrons. The van der Waals surface area contributed by atoms with E-state index in [-0.39, 0.29) is 39.4 Å². The van der Waals surface area contributed by atoms with Crippen LogP contribution in [0.3, 0.4) is 0 Å². The Kier molecular flexibility index (Phi) is 5.33. The molecule has 0 spiro atoms. The molecule has 0 amide bonds. The molecule has 2 aromatic carbocycles. The molecule has 1 aliphatic heterocycles. The number of benzene rings is 2. The molecule has 10 heteroatoms. The van der Waals surface area contributed by atoms with Gasteiger partial charge in [0.25, 0.3) is 0 Å². The molecule has 5 atom stereocenters. The number of phenols is 3. The van der Waals surface area contributed by atoms with Crippen molar-refractivity contribution in [3.63, 3.8) is 0 Å². The van der Waals surface area contributed by atoms with Crippen LogP contribution in [0.15, 0.2) is 45.6 Å². The largest absolute Gasteiger partial charge is 0.508 e. The number of ether oxygens (including phenoxy) is 1. The van der Waals surface area contributed by atoms with Crippen molar-refractivity contribution >= 4 is 11.0 Å². The fourth-order valence-corrected chi connectivity index (χ4v) is 3.72. The highest BCUT2D eigenvalue weighted by Crippen LogP contribution is 2.40. The standard InChI is InChI=1S/C21H20O10/c22-7-13-16(26)18(28)19(29)21(31-13)20-14(8-1-3-9(23)4-2-8)17(27)15-11(25)5-10(24)6-12(15)30-20/h1-6,13,16,18-19,21-26,28-29H,7H2/t13-,16-,18+,19-,21?/m1/s1. The second-order valence-electron chi connectivity index (χ2n) is 7.30. The molecule has 10 nitrogen and oxygen atoms in total.